The number of benzene rings is 2. The fourth-order valence-electron chi connectivity index (χ4n) is 2.12. The molecule has 0 bridgehead atoms. The highest BCUT2D eigenvalue weighted by Gasteiger charge is 2.14. The topological polar surface area (TPSA) is 58.6 Å². The summed E-state index contributed by atoms with van der Waals surface area (Å²) in [5, 5.41) is 2.75. The predicted octanol–water partition coefficient (Wildman–Crippen LogP) is 3.08. The molecule has 2 amide bonds. The standard InChI is InChI=1S/C19H22N2O3/c1-3-13-20-18(22)14-21(2)19(23)15-9-11-17(12-10-15)24-16-7-5-4-6-8-16/h4-12H,3,13-14H2,1-2H3,(H,20,22). The number of nitrogens with one attached hydrogen (secondary N) is 1. The molecule has 2 aromatic carbocycles. The van der Waals surface area contributed by atoms with Gasteiger partial charge in [-0.3, -0.25) is 9.59 Å². The predicted molar refractivity (Wildman–Crippen MR) is 93.2 cm³/mol. The van der Waals surface area contributed by atoms with Crippen molar-refractivity contribution in [3.05, 3.63) is 60.2 Å². The largest absolute Gasteiger partial charge is 0.457 e. The third kappa shape index (κ3) is 5.12. The second-order valence-corrected chi connectivity index (χ2v) is 5.45. The summed E-state index contributed by atoms with van der Waals surface area (Å²) in [6, 6.07) is 16.3. The molecule has 0 radical (unpaired) electrons. The van der Waals surface area contributed by atoms with Crippen molar-refractivity contribution >= 4 is 11.8 Å². The Kier molecular flexibility index (Phi) is 6.37. The zero-order valence-electron chi connectivity index (χ0n) is 14.0. The Morgan fingerprint density at radius 1 is 1.00 bits per heavy atom. The molecule has 2 rings (SSSR count). The van der Waals surface area contributed by atoms with Crippen LogP contribution in [0.5, 0.6) is 11.5 Å². The van der Waals surface area contributed by atoms with E-state index in [4.69, 9.17) is 4.74 Å². The van der Waals surface area contributed by atoms with Gasteiger partial charge >= 0.3 is 0 Å². The average Bonchev–Trinajstić information content (AvgIpc) is 2.61. The number of amides is 2. The van der Waals surface area contributed by atoms with Crippen molar-refractivity contribution in [1.29, 1.82) is 0 Å². The number of carbonyl (C=O) groups is 2. The van der Waals surface area contributed by atoms with Gasteiger partial charge in [-0.25, -0.2) is 0 Å². The van der Waals surface area contributed by atoms with E-state index in [1.807, 2.05) is 37.3 Å². The Morgan fingerprint density at radius 3 is 2.25 bits per heavy atom. The molecule has 1 N–H and O–H groups in total. The molecule has 0 spiro atoms. The summed E-state index contributed by atoms with van der Waals surface area (Å²) in [5.41, 5.74) is 0.515. The number of hydrogen-bond acceptors (Lipinski definition) is 3. The highest BCUT2D eigenvalue weighted by molar-refractivity contribution is 5.96. The summed E-state index contributed by atoms with van der Waals surface area (Å²) >= 11 is 0. The maximum Gasteiger partial charge on any atom is 0.254 e. The van der Waals surface area contributed by atoms with Gasteiger partial charge in [-0.2, -0.15) is 0 Å². The van der Waals surface area contributed by atoms with E-state index in [0.29, 0.717) is 17.9 Å². The monoisotopic (exact) mass is 326 g/mol. The number of nitrogens with zero attached hydrogens (tertiary/aromatic N) is 1. The first-order valence-corrected chi connectivity index (χ1v) is 7.95. The average molecular weight is 326 g/mol. The van der Waals surface area contributed by atoms with Gasteiger partial charge in [-0.1, -0.05) is 25.1 Å². The van der Waals surface area contributed by atoms with Crippen LogP contribution in [-0.4, -0.2) is 36.9 Å². The van der Waals surface area contributed by atoms with Crippen LogP contribution in [0.15, 0.2) is 54.6 Å². The second-order valence-electron chi connectivity index (χ2n) is 5.45. The van der Waals surface area contributed by atoms with Gasteiger partial charge in [0.15, 0.2) is 0 Å². The van der Waals surface area contributed by atoms with E-state index in [0.717, 1.165) is 12.2 Å². The van der Waals surface area contributed by atoms with Gasteiger partial charge in [-0.05, 0) is 42.8 Å². The smallest absolute Gasteiger partial charge is 0.254 e. The molecule has 5 heteroatoms. The molecule has 0 aliphatic carbocycles. The van der Waals surface area contributed by atoms with Crippen molar-refractivity contribution in [2.75, 3.05) is 20.1 Å². The van der Waals surface area contributed by atoms with Crippen molar-refractivity contribution in [3.63, 3.8) is 0 Å². The Hall–Kier alpha value is -2.82. The summed E-state index contributed by atoms with van der Waals surface area (Å²) in [6.07, 6.45) is 0.867. The van der Waals surface area contributed by atoms with Crippen LogP contribution in [0.2, 0.25) is 0 Å². The minimum atomic E-state index is -0.201. The lowest BCUT2D eigenvalue weighted by atomic mass is 10.2. The van der Waals surface area contributed by atoms with Gasteiger partial charge in [0.2, 0.25) is 5.91 Å². The number of ether oxygens (including phenoxy) is 1. The fraction of sp³-hybridized carbons (Fsp3) is 0.263. The molecule has 5 nitrogen and oxygen atoms in total. The van der Waals surface area contributed by atoms with Crippen LogP contribution in [0.3, 0.4) is 0 Å². The number of para-hydroxylation sites is 1. The molecular formula is C19H22N2O3. The molecule has 0 saturated heterocycles. The third-order valence-electron chi connectivity index (χ3n) is 3.38. The summed E-state index contributed by atoms with van der Waals surface area (Å²) in [7, 11) is 1.61. The molecule has 0 aromatic heterocycles. The van der Waals surface area contributed by atoms with Crippen molar-refractivity contribution in [1.82, 2.24) is 10.2 Å². The lowest BCUT2D eigenvalue weighted by Crippen LogP contribution is -2.38. The maximum atomic E-state index is 12.3. The second kappa shape index (κ2) is 8.72. The van der Waals surface area contributed by atoms with Crippen molar-refractivity contribution in [2.24, 2.45) is 0 Å². The number of carbonyl (C=O) groups excluding carboxylic acids is 2. The number of hydrogen-bond donors (Lipinski definition) is 1. The molecule has 24 heavy (non-hydrogen) atoms. The molecule has 0 fully saturated rings. The highest BCUT2D eigenvalue weighted by Crippen LogP contribution is 2.21. The molecular weight excluding hydrogens is 304 g/mol. The Balaban J connectivity index is 1.94. The van der Waals surface area contributed by atoms with Crippen LogP contribution in [-0.2, 0) is 4.79 Å². The van der Waals surface area contributed by atoms with Crippen LogP contribution in [0.25, 0.3) is 0 Å². The van der Waals surface area contributed by atoms with Gasteiger partial charge in [-0.15, -0.1) is 0 Å². The summed E-state index contributed by atoms with van der Waals surface area (Å²) in [6.45, 7) is 2.64. The van der Waals surface area contributed by atoms with Gasteiger partial charge in [0.25, 0.3) is 5.91 Å². The van der Waals surface area contributed by atoms with Crippen molar-refractivity contribution < 1.29 is 14.3 Å². The van der Waals surface area contributed by atoms with Gasteiger partial charge in [0.1, 0.15) is 11.5 Å². The van der Waals surface area contributed by atoms with Crippen molar-refractivity contribution in [3.8, 4) is 11.5 Å². The van der Waals surface area contributed by atoms with E-state index >= 15 is 0 Å². The Bertz CT molecular complexity index is 669. The molecule has 2 aromatic rings. The highest BCUT2D eigenvalue weighted by atomic mass is 16.5. The molecule has 0 unspecified atom stereocenters. The fourth-order valence-corrected chi connectivity index (χ4v) is 2.12. The van der Waals surface area contributed by atoms with E-state index in [2.05, 4.69) is 5.32 Å². The van der Waals surface area contributed by atoms with Crippen LogP contribution < -0.4 is 10.1 Å². The Morgan fingerprint density at radius 2 is 1.62 bits per heavy atom. The summed E-state index contributed by atoms with van der Waals surface area (Å²) in [5.74, 6) is 1.03. The zero-order chi connectivity index (χ0) is 17.4. The molecule has 0 aliphatic heterocycles. The van der Waals surface area contributed by atoms with E-state index in [1.54, 1.807) is 31.3 Å². The van der Waals surface area contributed by atoms with E-state index in [-0.39, 0.29) is 18.4 Å². The number of likely N-dealkylation sites (N-methyl/N-ethyl adjacent to an activating group) is 1. The summed E-state index contributed by atoms with van der Waals surface area (Å²) < 4.78 is 5.69. The normalized spacial score (nSPS) is 10.1. The molecule has 0 atom stereocenters. The lowest BCUT2D eigenvalue weighted by Gasteiger charge is -2.17. The molecule has 0 saturated carbocycles. The first kappa shape index (κ1) is 17.5. The molecule has 126 valence electrons. The van der Waals surface area contributed by atoms with Gasteiger partial charge in [0.05, 0.1) is 6.54 Å². The third-order valence-corrected chi connectivity index (χ3v) is 3.38. The molecule has 0 heterocycles. The van der Waals surface area contributed by atoms with E-state index in [9.17, 15) is 9.59 Å². The van der Waals surface area contributed by atoms with Crippen molar-refractivity contribution in [2.45, 2.75) is 13.3 Å². The lowest BCUT2D eigenvalue weighted by molar-refractivity contribution is -0.121. The summed E-state index contributed by atoms with van der Waals surface area (Å²) in [4.78, 5) is 25.4. The minimum absolute atomic E-state index is 0.0428. The van der Waals surface area contributed by atoms with E-state index < -0.39 is 0 Å². The molecule has 0 aliphatic rings. The first-order chi connectivity index (χ1) is 11.6. The van der Waals surface area contributed by atoms with Gasteiger partial charge < -0.3 is 15.0 Å². The van der Waals surface area contributed by atoms with Gasteiger partial charge in [0, 0.05) is 19.2 Å². The minimum Gasteiger partial charge on any atom is -0.457 e. The Labute approximate surface area is 142 Å². The maximum absolute atomic E-state index is 12.3. The first-order valence-electron chi connectivity index (χ1n) is 7.95. The van der Waals surface area contributed by atoms with Crippen LogP contribution >= 0.6 is 0 Å². The van der Waals surface area contributed by atoms with E-state index in [1.165, 1.54) is 4.90 Å². The zero-order valence-corrected chi connectivity index (χ0v) is 14.0. The van der Waals surface area contributed by atoms with Crippen LogP contribution in [0.4, 0.5) is 0 Å². The van der Waals surface area contributed by atoms with Crippen LogP contribution in [0.1, 0.15) is 23.7 Å². The number of rotatable bonds is 7. The SMILES string of the molecule is CCCNC(=O)CN(C)C(=O)c1ccc(Oc2ccccc2)cc1. The quantitative estimate of drug-likeness (QED) is 0.850. The van der Waals surface area contributed by atoms with Crippen LogP contribution in [0, 0.1) is 0 Å².